The Labute approximate surface area is 103 Å². The van der Waals surface area contributed by atoms with Crippen LogP contribution in [0.2, 0.25) is 0 Å². The second kappa shape index (κ2) is 6.24. The number of amides is 1. The van der Waals surface area contributed by atoms with Crippen molar-refractivity contribution in [1.82, 2.24) is 0 Å². The monoisotopic (exact) mass is 255 g/mol. The number of nitrogen functional groups attached to an aromatic ring is 1. The number of anilines is 2. The highest BCUT2D eigenvalue weighted by atomic mass is 32.2. The molecule has 0 saturated heterocycles. The van der Waals surface area contributed by atoms with Crippen molar-refractivity contribution in [3.05, 3.63) is 23.8 Å². The van der Waals surface area contributed by atoms with Crippen LogP contribution in [0.25, 0.3) is 0 Å². The molecule has 1 aromatic rings. The quantitative estimate of drug-likeness (QED) is 0.510. The van der Waals surface area contributed by atoms with E-state index in [-0.39, 0.29) is 0 Å². The Morgan fingerprint density at radius 1 is 1.47 bits per heavy atom. The minimum absolute atomic E-state index is 0.391. The van der Waals surface area contributed by atoms with Gasteiger partial charge in [0.1, 0.15) is 0 Å². The lowest BCUT2D eigenvalue weighted by atomic mass is 10.1. The summed E-state index contributed by atoms with van der Waals surface area (Å²) in [6.45, 7) is 0.694. The Balaban J connectivity index is 2.54. The first-order valence-corrected chi connectivity index (χ1v) is 6.96. The van der Waals surface area contributed by atoms with Gasteiger partial charge in [-0.1, -0.05) is 0 Å². The molecule has 0 fully saturated rings. The molecular weight excluding hydrogens is 238 g/mol. The fraction of sp³-hybridized carbons (Fsp3) is 0.364. The van der Waals surface area contributed by atoms with Crippen LogP contribution in [0.1, 0.15) is 16.8 Å². The van der Waals surface area contributed by atoms with Crippen molar-refractivity contribution in [2.45, 2.75) is 6.42 Å². The van der Waals surface area contributed by atoms with Gasteiger partial charge in [-0.15, -0.1) is 0 Å². The van der Waals surface area contributed by atoms with Crippen LogP contribution in [-0.4, -0.2) is 28.7 Å². The number of hydrogen-bond acceptors (Lipinski definition) is 4. The van der Waals surface area contributed by atoms with Crippen LogP contribution in [-0.2, 0) is 10.8 Å². The predicted molar refractivity (Wildman–Crippen MR) is 71.4 cm³/mol. The van der Waals surface area contributed by atoms with Gasteiger partial charge < -0.3 is 16.8 Å². The maximum Gasteiger partial charge on any atom is 0.248 e. The maximum atomic E-state index is 10.9. The average Bonchev–Trinajstić information content (AvgIpc) is 2.25. The SMILES string of the molecule is CS(=O)CCCNc1ccc(C(N)=O)cc1N. The fourth-order valence-corrected chi connectivity index (χ4v) is 1.93. The predicted octanol–water partition coefficient (Wildman–Crippen LogP) is 0.548. The van der Waals surface area contributed by atoms with E-state index in [0.717, 1.165) is 12.1 Å². The highest BCUT2D eigenvalue weighted by molar-refractivity contribution is 7.84. The van der Waals surface area contributed by atoms with Gasteiger partial charge in [0.2, 0.25) is 5.91 Å². The molecule has 0 heterocycles. The molecule has 5 N–H and O–H groups in total. The molecule has 0 spiro atoms. The summed E-state index contributed by atoms with van der Waals surface area (Å²) >= 11 is 0. The van der Waals surface area contributed by atoms with E-state index in [1.807, 2.05) is 0 Å². The smallest absolute Gasteiger partial charge is 0.248 e. The van der Waals surface area contributed by atoms with E-state index in [2.05, 4.69) is 5.32 Å². The first-order chi connectivity index (χ1) is 8.00. The van der Waals surface area contributed by atoms with Crippen molar-refractivity contribution < 1.29 is 9.00 Å². The molecule has 6 heteroatoms. The summed E-state index contributed by atoms with van der Waals surface area (Å²) in [5.74, 6) is 0.163. The van der Waals surface area contributed by atoms with Crippen LogP contribution in [0.3, 0.4) is 0 Å². The second-order valence-electron chi connectivity index (χ2n) is 3.72. The molecule has 94 valence electrons. The lowest BCUT2D eigenvalue weighted by Gasteiger charge is -2.09. The molecule has 17 heavy (non-hydrogen) atoms. The van der Waals surface area contributed by atoms with Crippen LogP contribution >= 0.6 is 0 Å². The molecule has 0 radical (unpaired) electrons. The lowest BCUT2D eigenvalue weighted by Crippen LogP contribution is -2.12. The van der Waals surface area contributed by atoms with Gasteiger partial charge >= 0.3 is 0 Å². The molecule has 1 atom stereocenters. The standard InChI is InChI=1S/C11H17N3O2S/c1-17(16)6-2-5-14-10-4-3-8(11(13)15)7-9(10)12/h3-4,7,14H,2,5-6,12H2,1H3,(H2,13,15). The summed E-state index contributed by atoms with van der Waals surface area (Å²) in [4.78, 5) is 10.9. The van der Waals surface area contributed by atoms with Crippen LogP contribution in [0, 0.1) is 0 Å². The van der Waals surface area contributed by atoms with Crippen molar-refractivity contribution in [3.8, 4) is 0 Å². The van der Waals surface area contributed by atoms with Crippen LogP contribution < -0.4 is 16.8 Å². The molecular formula is C11H17N3O2S. The summed E-state index contributed by atoms with van der Waals surface area (Å²) < 4.78 is 10.8. The highest BCUT2D eigenvalue weighted by Gasteiger charge is 2.04. The third-order valence-corrected chi connectivity index (χ3v) is 3.12. The number of nitrogens with one attached hydrogen (secondary N) is 1. The first-order valence-electron chi connectivity index (χ1n) is 5.24. The molecule has 1 amide bonds. The van der Waals surface area contributed by atoms with Crippen molar-refractivity contribution in [2.24, 2.45) is 5.73 Å². The zero-order valence-electron chi connectivity index (χ0n) is 9.73. The molecule has 0 bridgehead atoms. The fourth-order valence-electron chi connectivity index (χ4n) is 1.38. The Morgan fingerprint density at radius 2 is 2.18 bits per heavy atom. The summed E-state index contributed by atoms with van der Waals surface area (Å²) in [6.07, 6.45) is 2.48. The molecule has 0 aliphatic rings. The normalized spacial score (nSPS) is 12.1. The molecule has 1 unspecified atom stereocenters. The van der Waals surface area contributed by atoms with E-state index in [1.54, 1.807) is 24.5 Å². The lowest BCUT2D eigenvalue weighted by molar-refractivity contribution is 0.100. The van der Waals surface area contributed by atoms with E-state index in [1.165, 1.54) is 0 Å². The molecule has 1 rings (SSSR count). The Morgan fingerprint density at radius 3 is 2.71 bits per heavy atom. The third-order valence-electron chi connectivity index (χ3n) is 2.26. The topological polar surface area (TPSA) is 98.2 Å². The zero-order valence-corrected chi connectivity index (χ0v) is 10.5. The third kappa shape index (κ3) is 4.44. The van der Waals surface area contributed by atoms with Crippen LogP contribution in [0.5, 0.6) is 0 Å². The van der Waals surface area contributed by atoms with E-state index in [4.69, 9.17) is 11.5 Å². The molecule has 5 nitrogen and oxygen atoms in total. The second-order valence-corrected chi connectivity index (χ2v) is 5.28. The molecule has 0 aliphatic carbocycles. The molecule has 0 aliphatic heterocycles. The van der Waals surface area contributed by atoms with Crippen molar-refractivity contribution in [3.63, 3.8) is 0 Å². The summed E-state index contributed by atoms with van der Waals surface area (Å²) in [5, 5.41) is 3.12. The van der Waals surface area contributed by atoms with Gasteiger partial charge in [-0.3, -0.25) is 9.00 Å². The Bertz CT molecular complexity index is 435. The summed E-state index contributed by atoms with van der Waals surface area (Å²) in [5.41, 5.74) is 12.5. The number of primary amides is 1. The van der Waals surface area contributed by atoms with Crippen LogP contribution in [0.15, 0.2) is 18.2 Å². The molecule has 0 saturated carbocycles. The largest absolute Gasteiger partial charge is 0.397 e. The number of carbonyl (C=O) groups excluding carboxylic acids is 1. The number of hydrogen-bond donors (Lipinski definition) is 3. The van der Waals surface area contributed by atoms with Crippen molar-refractivity contribution in [2.75, 3.05) is 29.6 Å². The van der Waals surface area contributed by atoms with Crippen molar-refractivity contribution >= 4 is 28.1 Å². The van der Waals surface area contributed by atoms with Gasteiger partial charge in [0.15, 0.2) is 0 Å². The number of nitrogens with two attached hydrogens (primary N) is 2. The number of carbonyl (C=O) groups is 1. The maximum absolute atomic E-state index is 10.9. The zero-order chi connectivity index (χ0) is 12.8. The van der Waals surface area contributed by atoms with E-state index >= 15 is 0 Å². The van der Waals surface area contributed by atoms with E-state index in [9.17, 15) is 9.00 Å². The molecule has 0 aromatic heterocycles. The Kier molecular flexibility index (Phi) is 4.96. The molecule has 1 aromatic carbocycles. The van der Waals surface area contributed by atoms with Gasteiger partial charge in [0.05, 0.1) is 11.4 Å². The van der Waals surface area contributed by atoms with Gasteiger partial charge in [0, 0.05) is 34.9 Å². The van der Waals surface area contributed by atoms with E-state index < -0.39 is 16.7 Å². The van der Waals surface area contributed by atoms with Crippen molar-refractivity contribution in [1.29, 1.82) is 0 Å². The first kappa shape index (κ1) is 13.5. The Hall–Kier alpha value is -1.56. The van der Waals surface area contributed by atoms with Crippen LogP contribution in [0.4, 0.5) is 11.4 Å². The van der Waals surface area contributed by atoms with Gasteiger partial charge in [-0.05, 0) is 24.6 Å². The van der Waals surface area contributed by atoms with Gasteiger partial charge in [-0.2, -0.15) is 0 Å². The van der Waals surface area contributed by atoms with E-state index in [0.29, 0.717) is 23.5 Å². The highest BCUT2D eigenvalue weighted by Crippen LogP contribution is 2.19. The number of rotatable bonds is 6. The minimum Gasteiger partial charge on any atom is -0.397 e. The summed E-state index contributed by atoms with van der Waals surface area (Å²) in [6, 6.07) is 4.89. The van der Waals surface area contributed by atoms with Gasteiger partial charge in [-0.25, -0.2) is 0 Å². The minimum atomic E-state index is -0.771. The summed E-state index contributed by atoms with van der Waals surface area (Å²) in [7, 11) is -0.771. The number of benzene rings is 1. The van der Waals surface area contributed by atoms with Gasteiger partial charge in [0.25, 0.3) is 0 Å². The average molecular weight is 255 g/mol.